The van der Waals surface area contributed by atoms with Gasteiger partial charge in [0.15, 0.2) is 0 Å². The summed E-state index contributed by atoms with van der Waals surface area (Å²) in [5, 5.41) is 3.18. The van der Waals surface area contributed by atoms with Crippen LogP contribution in [0.2, 0.25) is 15.2 Å². The van der Waals surface area contributed by atoms with Crippen LogP contribution in [0.5, 0.6) is 0 Å². The molecule has 0 aliphatic rings. The number of carbonyl (C=O) groups is 1. The molecule has 1 aromatic carbocycles. The molecule has 98 valence electrons. The summed E-state index contributed by atoms with van der Waals surface area (Å²) in [5.74, 6) is -0.158. The minimum absolute atomic E-state index is 0.201. The molecule has 1 aromatic heterocycles. The normalized spacial score (nSPS) is 10.3. The molecule has 0 radical (unpaired) electrons. The van der Waals surface area contributed by atoms with Crippen molar-refractivity contribution in [2.24, 2.45) is 0 Å². The molecule has 0 saturated heterocycles. The molecule has 0 saturated carbocycles. The Morgan fingerprint density at radius 1 is 1.16 bits per heavy atom. The van der Waals surface area contributed by atoms with Crippen LogP contribution in [0.4, 0.5) is 11.5 Å². The third kappa shape index (κ3) is 3.26. The van der Waals surface area contributed by atoms with Gasteiger partial charge in [0.1, 0.15) is 17.3 Å². The van der Waals surface area contributed by atoms with Crippen LogP contribution in [0.1, 0.15) is 10.4 Å². The van der Waals surface area contributed by atoms with Crippen LogP contribution in [0, 0.1) is 0 Å². The number of nitrogens with two attached hydrogens (primary N) is 1. The number of benzene rings is 1. The molecule has 2 aromatic rings. The Morgan fingerprint density at radius 2 is 1.89 bits per heavy atom. The maximum absolute atomic E-state index is 12.0. The molecular formula is C11H7Cl3N4O. The van der Waals surface area contributed by atoms with Crippen molar-refractivity contribution >= 4 is 52.2 Å². The van der Waals surface area contributed by atoms with Crippen molar-refractivity contribution in [3.05, 3.63) is 45.3 Å². The number of hydrogen-bond acceptors (Lipinski definition) is 4. The van der Waals surface area contributed by atoms with E-state index in [-0.39, 0.29) is 32.3 Å². The molecule has 1 amide bonds. The molecule has 19 heavy (non-hydrogen) atoms. The summed E-state index contributed by atoms with van der Waals surface area (Å²) in [5.41, 5.74) is 6.12. The summed E-state index contributed by atoms with van der Waals surface area (Å²) in [6.07, 6.45) is 1.24. The second kappa shape index (κ2) is 5.61. The summed E-state index contributed by atoms with van der Waals surface area (Å²) in [7, 11) is 0. The molecule has 0 spiro atoms. The summed E-state index contributed by atoms with van der Waals surface area (Å²) < 4.78 is 0. The predicted molar refractivity (Wildman–Crippen MR) is 75.9 cm³/mol. The monoisotopic (exact) mass is 316 g/mol. The van der Waals surface area contributed by atoms with E-state index in [0.717, 1.165) is 0 Å². The van der Waals surface area contributed by atoms with E-state index >= 15 is 0 Å². The fourth-order valence-corrected chi connectivity index (χ4v) is 1.81. The van der Waals surface area contributed by atoms with Crippen molar-refractivity contribution in [1.82, 2.24) is 9.97 Å². The second-order valence-corrected chi connectivity index (χ2v) is 4.71. The van der Waals surface area contributed by atoms with E-state index in [1.807, 2.05) is 0 Å². The zero-order chi connectivity index (χ0) is 14.0. The van der Waals surface area contributed by atoms with Crippen LogP contribution in [0.3, 0.4) is 0 Å². The van der Waals surface area contributed by atoms with Crippen molar-refractivity contribution in [2.75, 3.05) is 11.1 Å². The third-order valence-electron chi connectivity index (χ3n) is 2.19. The summed E-state index contributed by atoms with van der Waals surface area (Å²) in [6.45, 7) is 0. The molecule has 0 aliphatic heterocycles. The molecule has 0 fully saturated rings. The number of carbonyl (C=O) groups excluding carboxylic acids is 1. The number of aromatic nitrogens is 2. The standard InChI is InChI=1S/C11H7Cl3N4O/c12-6-1-5(2-7(15)10(6)14)11(19)18-9-3-8(13)16-4-17-9/h1-4H,15H2,(H,16,17,18,19). The number of hydrogen-bond donors (Lipinski definition) is 2. The van der Waals surface area contributed by atoms with Gasteiger partial charge in [0, 0.05) is 11.6 Å². The Labute approximate surface area is 123 Å². The molecule has 3 N–H and O–H groups in total. The van der Waals surface area contributed by atoms with Gasteiger partial charge in [-0.3, -0.25) is 4.79 Å². The fourth-order valence-electron chi connectivity index (χ4n) is 1.33. The van der Waals surface area contributed by atoms with E-state index in [4.69, 9.17) is 40.5 Å². The topological polar surface area (TPSA) is 80.9 Å². The highest BCUT2D eigenvalue weighted by Crippen LogP contribution is 2.29. The van der Waals surface area contributed by atoms with Gasteiger partial charge < -0.3 is 11.1 Å². The van der Waals surface area contributed by atoms with Crippen LogP contribution in [0.15, 0.2) is 24.5 Å². The van der Waals surface area contributed by atoms with Crippen LogP contribution >= 0.6 is 34.8 Å². The lowest BCUT2D eigenvalue weighted by molar-refractivity contribution is 0.102. The molecule has 1 heterocycles. The quantitative estimate of drug-likeness (QED) is 0.658. The van der Waals surface area contributed by atoms with Crippen molar-refractivity contribution in [1.29, 1.82) is 0 Å². The SMILES string of the molecule is Nc1cc(C(=O)Nc2cc(Cl)ncn2)cc(Cl)c1Cl. The lowest BCUT2D eigenvalue weighted by atomic mass is 10.2. The van der Waals surface area contributed by atoms with Gasteiger partial charge >= 0.3 is 0 Å². The zero-order valence-electron chi connectivity index (χ0n) is 9.32. The van der Waals surface area contributed by atoms with Crippen LogP contribution in [0.25, 0.3) is 0 Å². The van der Waals surface area contributed by atoms with Crippen LogP contribution < -0.4 is 11.1 Å². The van der Waals surface area contributed by atoms with Crippen molar-refractivity contribution in [3.8, 4) is 0 Å². The molecule has 0 bridgehead atoms. The zero-order valence-corrected chi connectivity index (χ0v) is 11.6. The molecule has 8 heteroatoms. The van der Waals surface area contributed by atoms with Crippen molar-refractivity contribution in [2.45, 2.75) is 0 Å². The van der Waals surface area contributed by atoms with Gasteiger partial charge in [-0.25, -0.2) is 9.97 Å². The van der Waals surface area contributed by atoms with Crippen molar-refractivity contribution in [3.63, 3.8) is 0 Å². The van der Waals surface area contributed by atoms with Gasteiger partial charge in [-0.05, 0) is 12.1 Å². The van der Waals surface area contributed by atoms with E-state index in [2.05, 4.69) is 15.3 Å². The lowest BCUT2D eigenvalue weighted by Crippen LogP contribution is -2.13. The Kier molecular flexibility index (Phi) is 4.09. The van der Waals surface area contributed by atoms with Gasteiger partial charge in [-0.2, -0.15) is 0 Å². The van der Waals surface area contributed by atoms with Gasteiger partial charge in [0.25, 0.3) is 5.91 Å². The predicted octanol–water partition coefficient (Wildman–Crippen LogP) is 3.27. The minimum Gasteiger partial charge on any atom is -0.397 e. The maximum atomic E-state index is 12.0. The molecule has 0 aliphatic carbocycles. The van der Waals surface area contributed by atoms with E-state index in [1.165, 1.54) is 24.5 Å². The summed E-state index contributed by atoms with van der Waals surface area (Å²) in [6, 6.07) is 4.26. The Balaban J connectivity index is 2.25. The molecule has 5 nitrogen and oxygen atoms in total. The van der Waals surface area contributed by atoms with Crippen LogP contribution in [-0.2, 0) is 0 Å². The third-order valence-corrected chi connectivity index (χ3v) is 3.22. The molecular weight excluding hydrogens is 311 g/mol. The number of nitrogen functional groups attached to an aromatic ring is 1. The average molecular weight is 318 g/mol. The lowest BCUT2D eigenvalue weighted by Gasteiger charge is -2.07. The first-order chi connectivity index (χ1) is 8.97. The van der Waals surface area contributed by atoms with E-state index in [1.54, 1.807) is 0 Å². The number of nitrogens with one attached hydrogen (secondary N) is 1. The first-order valence-corrected chi connectivity index (χ1v) is 6.14. The highest BCUT2D eigenvalue weighted by molar-refractivity contribution is 6.44. The number of rotatable bonds is 2. The number of anilines is 2. The maximum Gasteiger partial charge on any atom is 0.256 e. The van der Waals surface area contributed by atoms with Gasteiger partial charge in [-0.1, -0.05) is 34.8 Å². The highest BCUT2D eigenvalue weighted by atomic mass is 35.5. The Hall–Kier alpha value is -1.56. The van der Waals surface area contributed by atoms with E-state index in [9.17, 15) is 4.79 Å². The fraction of sp³-hybridized carbons (Fsp3) is 0. The number of nitrogens with zero attached hydrogens (tertiary/aromatic N) is 2. The summed E-state index contributed by atoms with van der Waals surface area (Å²) >= 11 is 17.3. The second-order valence-electron chi connectivity index (χ2n) is 3.54. The highest BCUT2D eigenvalue weighted by Gasteiger charge is 2.12. The minimum atomic E-state index is -0.431. The molecule has 2 rings (SSSR count). The van der Waals surface area contributed by atoms with E-state index in [0.29, 0.717) is 0 Å². The van der Waals surface area contributed by atoms with Gasteiger partial charge in [0.2, 0.25) is 0 Å². The van der Waals surface area contributed by atoms with Crippen molar-refractivity contribution < 1.29 is 4.79 Å². The van der Waals surface area contributed by atoms with Gasteiger partial charge in [0.05, 0.1) is 15.7 Å². The largest absolute Gasteiger partial charge is 0.397 e. The molecule has 0 unspecified atom stereocenters. The Bertz CT molecular complexity index is 625. The first kappa shape index (κ1) is 13.9. The molecule has 0 atom stereocenters. The Morgan fingerprint density at radius 3 is 2.53 bits per heavy atom. The average Bonchev–Trinajstić information content (AvgIpc) is 2.35. The first-order valence-electron chi connectivity index (χ1n) is 5.01. The van der Waals surface area contributed by atoms with Gasteiger partial charge in [-0.15, -0.1) is 0 Å². The number of amides is 1. The smallest absolute Gasteiger partial charge is 0.256 e. The van der Waals surface area contributed by atoms with Crippen LogP contribution in [-0.4, -0.2) is 15.9 Å². The summed E-state index contributed by atoms with van der Waals surface area (Å²) in [4.78, 5) is 19.5. The van der Waals surface area contributed by atoms with E-state index < -0.39 is 5.91 Å². The number of halogens is 3.